The number of benzene rings is 2. The van der Waals surface area contributed by atoms with Gasteiger partial charge in [-0.2, -0.15) is 0 Å². The molecular formula is C20H12N5O3S-. The van der Waals surface area contributed by atoms with Crippen LogP contribution in [-0.2, 0) is 9.59 Å². The van der Waals surface area contributed by atoms with E-state index in [-0.39, 0.29) is 15.6 Å². The maximum Gasteiger partial charge on any atom is 0.259 e. The molecular weight excluding hydrogens is 390 g/mol. The van der Waals surface area contributed by atoms with Crippen molar-refractivity contribution in [3.05, 3.63) is 59.0 Å². The number of rotatable bonds is 3. The monoisotopic (exact) mass is 402 g/mol. The van der Waals surface area contributed by atoms with E-state index in [1.807, 2.05) is 24.3 Å². The molecule has 1 aliphatic rings. The molecule has 0 saturated carbocycles. The number of carbonyl (C=O) groups excluding carboxylic acids is 2. The number of hydrogen-bond donors (Lipinski definition) is 1. The Bertz CT molecular complexity index is 1360. The molecule has 1 amide bonds. The number of aromatic amines is 1. The summed E-state index contributed by atoms with van der Waals surface area (Å²) in [7, 11) is 1.60. The van der Waals surface area contributed by atoms with E-state index in [1.54, 1.807) is 31.3 Å². The summed E-state index contributed by atoms with van der Waals surface area (Å²) in [6, 6.07) is 14.6. The van der Waals surface area contributed by atoms with Crippen molar-refractivity contribution in [3.8, 4) is 0 Å². The van der Waals surface area contributed by atoms with Crippen LogP contribution in [0.1, 0.15) is 5.56 Å². The summed E-state index contributed by atoms with van der Waals surface area (Å²) in [6.45, 7) is 0. The number of aromatic nitrogens is 4. The van der Waals surface area contributed by atoms with Gasteiger partial charge in [0.1, 0.15) is 5.52 Å². The first-order valence-electron chi connectivity index (χ1n) is 8.66. The number of nitrogens with one attached hydrogen (secondary N) is 1. The molecule has 0 saturated heterocycles. The lowest BCUT2D eigenvalue weighted by atomic mass is 10.1. The van der Waals surface area contributed by atoms with Crippen LogP contribution in [0.25, 0.3) is 27.6 Å². The SMILES string of the molecule is CN1C(=O)/C(=C(/Sc2nnc3c(n2)[nH]c2ccccc23)C(=O)[O-])c2ccccc21. The molecule has 3 heterocycles. The number of fused-ring (bicyclic) bond motifs is 4. The molecule has 29 heavy (non-hydrogen) atoms. The van der Waals surface area contributed by atoms with Gasteiger partial charge in [-0.25, -0.2) is 4.98 Å². The lowest BCUT2D eigenvalue weighted by Crippen LogP contribution is -2.27. The highest BCUT2D eigenvalue weighted by Gasteiger charge is 2.33. The molecule has 4 aromatic rings. The average molecular weight is 402 g/mol. The van der Waals surface area contributed by atoms with Gasteiger partial charge in [-0.05, 0) is 23.9 Å². The van der Waals surface area contributed by atoms with Crippen molar-refractivity contribution in [1.29, 1.82) is 0 Å². The standard InChI is InChI=1S/C20H13N5O3S/c1-25-13-9-5-3-7-11(13)14(18(25)26)16(19(27)28)29-20-22-17-15(23-24-20)10-6-2-4-8-12(10)21-17/h2-9H,1H3,(H,27,28)(H,21,22,24)/p-1/b16-14+. The zero-order valence-electron chi connectivity index (χ0n) is 15.0. The van der Waals surface area contributed by atoms with E-state index < -0.39 is 11.9 Å². The first kappa shape index (κ1) is 17.4. The van der Waals surface area contributed by atoms with Gasteiger partial charge in [-0.15, -0.1) is 10.2 Å². The fourth-order valence-electron chi connectivity index (χ4n) is 3.42. The second-order valence-electron chi connectivity index (χ2n) is 6.44. The number of para-hydroxylation sites is 2. The zero-order chi connectivity index (χ0) is 20.1. The van der Waals surface area contributed by atoms with Gasteiger partial charge in [-0.3, -0.25) is 4.79 Å². The number of hydrogen-bond acceptors (Lipinski definition) is 7. The Morgan fingerprint density at radius 3 is 2.69 bits per heavy atom. The summed E-state index contributed by atoms with van der Waals surface area (Å²) in [5, 5.41) is 21.1. The topological polar surface area (TPSA) is 115 Å². The predicted octanol–water partition coefficient (Wildman–Crippen LogP) is 1.74. The van der Waals surface area contributed by atoms with Crippen LogP contribution < -0.4 is 10.0 Å². The summed E-state index contributed by atoms with van der Waals surface area (Å²) >= 11 is 0.754. The van der Waals surface area contributed by atoms with Gasteiger partial charge in [0.15, 0.2) is 5.65 Å². The van der Waals surface area contributed by atoms with Crippen LogP contribution >= 0.6 is 11.8 Å². The molecule has 2 aromatic heterocycles. The van der Waals surface area contributed by atoms with Crippen LogP contribution in [0.2, 0.25) is 0 Å². The van der Waals surface area contributed by atoms with Crippen molar-refractivity contribution in [1.82, 2.24) is 20.2 Å². The fraction of sp³-hybridized carbons (Fsp3) is 0.0500. The van der Waals surface area contributed by atoms with Crippen LogP contribution in [0.4, 0.5) is 5.69 Å². The van der Waals surface area contributed by atoms with E-state index in [0.717, 1.165) is 22.7 Å². The van der Waals surface area contributed by atoms with Crippen molar-refractivity contribution in [2.45, 2.75) is 5.16 Å². The van der Waals surface area contributed by atoms with E-state index in [2.05, 4.69) is 20.2 Å². The second-order valence-corrected chi connectivity index (χ2v) is 7.41. The third-order valence-electron chi connectivity index (χ3n) is 4.76. The van der Waals surface area contributed by atoms with Gasteiger partial charge in [0, 0.05) is 23.5 Å². The smallest absolute Gasteiger partial charge is 0.259 e. The molecule has 0 atom stereocenters. The second kappa shape index (κ2) is 6.42. The molecule has 0 unspecified atom stereocenters. The van der Waals surface area contributed by atoms with Crippen LogP contribution in [0.5, 0.6) is 0 Å². The number of likely N-dealkylation sites (N-methyl/N-ethyl adjacent to an activating group) is 1. The molecule has 0 fully saturated rings. The lowest BCUT2D eigenvalue weighted by Gasteiger charge is -2.11. The Morgan fingerprint density at radius 1 is 1.10 bits per heavy atom. The van der Waals surface area contributed by atoms with E-state index >= 15 is 0 Å². The molecule has 0 aliphatic carbocycles. The van der Waals surface area contributed by atoms with Crippen LogP contribution in [0, 0.1) is 0 Å². The Balaban J connectivity index is 1.64. The Kier molecular flexibility index (Phi) is 3.85. The van der Waals surface area contributed by atoms with E-state index in [4.69, 9.17) is 0 Å². The zero-order valence-corrected chi connectivity index (χ0v) is 15.9. The van der Waals surface area contributed by atoms with Crippen LogP contribution in [-0.4, -0.2) is 39.1 Å². The van der Waals surface area contributed by atoms with Gasteiger partial charge < -0.3 is 19.8 Å². The molecule has 8 nitrogen and oxygen atoms in total. The number of aliphatic carboxylic acids is 1. The summed E-state index contributed by atoms with van der Waals surface area (Å²) < 4.78 is 0. The van der Waals surface area contributed by atoms with Crippen molar-refractivity contribution in [2.24, 2.45) is 0 Å². The van der Waals surface area contributed by atoms with Gasteiger partial charge >= 0.3 is 0 Å². The van der Waals surface area contributed by atoms with Gasteiger partial charge in [0.25, 0.3) is 5.91 Å². The lowest BCUT2D eigenvalue weighted by molar-refractivity contribution is -0.298. The minimum Gasteiger partial charge on any atom is -0.544 e. The number of amides is 1. The molecule has 0 bridgehead atoms. The molecule has 9 heteroatoms. The summed E-state index contributed by atoms with van der Waals surface area (Å²) in [5.74, 6) is -1.89. The number of carbonyl (C=O) groups is 2. The number of thioether (sulfide) groups is 1. The highest BCUT2D eigenvalue weighted by atomic mass is 32.2. The maximum atomic E-state index is 12.7. The van der Waals surface area contributed by atoms with Crippen molar-refractivity contribution < 1.29 is 14.7 Å². The first-order chi connectivity index (χ1) is 14.0. The van der Waals surface area contributed by atoms with Gasteiger partial charge in [-0.1, -0.05) is 36.4 Å². The molecule has 1 N–H and O–H groups in total. The Hall–Kier alpha value is -3.72. The molecule has 142 valence electrons. The van der Waals surface area contributed by atoms with Gasteiger partial charge in [0.05, 0.1) is 22.1 Å². The van der Waals surface area contributed by atoms with E-state index in [1.165, 1.54) is 4.90 Å². The minimum atomic E-state index is -1.47. The Labute approximate surface area is 168 Å². The number of H-pyrrole nitrogens is 1. The third kappa shape index (κ3) is 2.66. The molecule has 2 aromatic carbocycles. The maximum absolute atomic E-state index is 12.7. The van der Waals surface area contributed by atoms with Crippen LogP contribution in [0.3, 0.4) is 0 Å². The molecule has 0 spiro atoms. The largest absolute Gasteiger partial charge is 0.544 e. The highest BCUT2D eigenvalue weighted by Crippen LogP contribution is 2.41. The number of carboxylic acid groups (broad SMARTS) is 1. The molecule has 0 radical (unpaired) electrons. The van der Waals surface area contributed by atoms with Gasteiger partial charge in [0.2, 0.25) is 5.16 Å². The van der Waals surface area contributed by atoms with Crippen LogP contribution in [0.15, 0.2) is 58.6 Å². The molecule has 1 aliphatic heterocycles. The van der Waals surface area contributed by atoms with Crippen molar-refractivity contribution >= 4 is 57.0 Å². The number of carboxylic acids is 1. The Morgan fingerprint density at radius 2 is 1.86 bits per heavy atom. The normalized spacial score (nSPS) is 15.2. The number of anilines is 1. The predicted molar refractivity (Wildman–Crippen MR) is 107 cm³/mol. The first-order valence-corrected chi connectivity index (χ1v) is 9.48. The summed E-state index contributed by atoms with van der Waals surface area (Å²) in [5.41, 5.74) is 3.17. The molecule has 5 rings (SSSR count). The fourth-order valence-corrected chi connectivity index (χ4v) is 4.21. The van der Waals surface area contributed by atoms with Crippen molar-refractivity contribution in [3.63, 3.8) is 0 Å². The quantitative estimate of drug-likeness (QED) is 0.410. The minimum absolute atomic E-state index is 0.0634. The number of nitrogens with zero attached hydrogens (tertiary/aromatic N) is 4. The van der Waals surface area contributed by atoms with E-state index in [0.29, 0.717) is 22.4 Å². The summed E-state index contributed by atoms with van der Waals surface area (Å²) in [4.78, 5) is 33.3. The third-order valence-corrected chi connectivity index (χ3v) is 5.69. The average Bonchev–Trinajstić information content (AvgIpc) is 3.21. The highest BCUT2D eigenvalue weighted by molar-refractivity contribution is 8.04. The van der Waals surface area contributed by atoms with E-state index in [9.17, 15) is 14.7 Å². The summed E-state index contributed by atoms with van der Waals surface area (Å²) in [6.07, 6.45) is 0. The van der Waals surface area contributed by atoms with Crippen molar-refractivity contribution in [2.75, 3.05) is 11.9 Å².